The molecule has 1 saturated heterocycles. The maximum absolute atomic E-state index is 10.5. The summed E-state index contributed by atoms with van der Waals surface area (Å²) in [4.78, 5) is 16.5. The zero-order chi connectivity index (χ0) is 13.7. The monoisotopic (exact) mass is 264 g/mol. The number of anilines is 1. The fourth-order valence-corrected chi connectivity index (χ4v) is 2.23. The molecule has 104 valence electrons. The largest absolute Gasteiger partial charge is 0.369 e. The van der Waals surface area contributed by atoms with Crippen LogP contribution in [0.15, 0.2) is 18.3 Å². The van der Waals surface area contributed by atoms with Crippen LogP contribution in [0.5, 0.6) is 0 Å². The molecule has 1 aliphatic rings. The average molecular weight is 264 g/mol. The van der Waals surface area contributed by atoms with Crippen LogP contribution in [-0.4, -0.2) is 41.0 Å². The van der Waals surface area contributed by atoms with E-state index in [2.05, 4.69) is 22.1 Å². The number of nitrogens with zero attached hydrogens (tertiary/aromatic N) is 3. The summed E-state index contributed by atoms with van der Waals surface area (Å²) in [6.07, 6.45) is 3.83. The average Bonchev–Trinajstić information content (AvgIpc) is 2.41. The summed E-state index contributed by atoms with van der Waals surface area (Å²) in [5.41, 5.74) is 0.0237. The van der Waals surface area contributed by atoms with Gasteiger partial charge in [0.25, 0.3) is 5.69 Å². The molecule has 0 bridgehead atoms. The summed E-state index contributed by atoms with van der Waals surface area (Å²) in [5, 5.41) is 13.7. The fourth-order valence-electron chi connectivity index (χ4n) is 2.23. The van der Waals surface area contributed by atoms with Gasteiger partial charge in [0, 0.05) is 19.2 Å². The van der Waals surface area contributed by atoms with Gasteiger partial charge >= 0.3 is 0 Å². The van der Waals surface area contributed by atoms with Crippen molar-refractivity contribution in [2.24, 2.45) is 5.92 Å². The minimum atomic E-state index is -0.439. The first-order valence-corrected chi connectivity index (χ1v) is 6.72. The van der Waals surface area contributed by atoms with Crippen molar-refractivity contribution >= 4 is 11.5 Å². The van der Waals surface area contributed by atoms with Crippen molar-refractivity contribution in [3.8, 4) is 0 Å². The maximum Gasteiger partial charge on any atom is 0.287 e. The second-order valence-electron chi connectivity index (χ2n) is 5.11. The number of likely N-dealkylation sites (tertiary alicyclic amines) is 1. The minimum absolute atomic E-state index is 0.0237. The van der Waals surface area contributed by atoms with Gasteiger partial charge in [-0.3, -0.25) is 10.1 Å². The Hall–Kier alpha value is -1.69. The van der Waals surface area contributed by atoms with Crippen molar-refractivity contribution in [3.05, 3.63) is 28.4 Å². The molecule has 1 N–H and O–H groups in total. The van der Waals surface area contributed by atoms with Gasteiger partial charge in [0.05, 0.1) is 4.92 Å². The Bertz CT molecular complexity index is 413. The predicted molar refractivity (Wildman–Crippen MR) is 74.2 cm³/mol. The summed E-state index contributed by atoms with van der Waals surface area (Å²) < 4.78 is 0. The Morgan fingerprint density at radius 3 is 2.79 bits per heavy atom. The van der Waals surface area contributed by atoms with E-state index in [1.165, 1.54) is 25.1 Å². The third-order valence-electron chi connectivity index (χ3n) is 3.57. The third-order valence-corrected chi connectivity index (χ3v) is 3.57. The zero-order valence-electron chi connectivity index (χ0n) is 11.2. The molecule has 19 heavy (non-hydrogen) atoms. The molecule has 6 nitrogen and oxygen atoms in total. The van der Waals surface area contributed by atoms with Crippen LogP contribution in [0, 0.1) is 16.0 Å². The number of hydrogen-bond donors (Lipinski definition) is 1. The van der Waals surface area contributed by atoms with Crippen molar-refractivity contribution in [2.75, 3.05) is 31.5 Å². The molecular formula is C13H20N4O2. The molecule has 0 aliphatic carbocycles. The topological polar surface area (TPSA) is 71.3 Å². The van der Waals surface area contributed by atoms with Gasteiger partial charge in [0.1, 0.15) is 12.0 Å². The molecule has 1 fully saturated rings. The second kappa shape index (κ2) is 6.47. The normalized spacial score (nSPS) is 17.3. The van der Waals surface area contributed by atoms with Gasteiger partial charge in [0.2, 0.25) is 0 Å². The van der Waals surface area contributed by atoms with E-state index < -0.39 is 4.92 Å². The lowest BCUT2D eigenvalue weighted by molar-refractivity contribution is -0.385. The molecule has 1 aliphatic heterocycles. The van der Waals surface area contributed by atoms with Crippen LogP contribution in [0.1, 0.15) is 19.8 Å². The number of hydrogen-bond acceptors (Lipinski definition) is 5. The highest BCUT2D eigenvalue weighted by Crippen LogP contribution is 2.15. The van der Waals surface area contributed by atoms with E-state index in [1.807, 2.05) is 0 Å². The molecule has 6 heteroatoms. The number of nitrogens with one attached hydrogen (secondary N) is 1. The number of nitro groups is 1. The molecule has 0 atom stereocenters. The lowest BCUT2D eigenvalue weighted by Crippen LogP contribution is -2.36. The molecule has 2 heterocycles. The van der Waals surface area contributed by atoms with Gasteiger partial charge in [0.15, 0.2) is 0 Å². The highest BCUT2D eigenvalue weighted by atomic mass is 16.6. The van der Waals surface area contributed by atoms with Crippen molar-refractivity contribution in [2.45, 2.75) is 19.8 Å². The van der Waals surface area contributed by atoms with E-state index in [-0.39, 0.29) is 5.69 Å². The second-order valence-corrected chi connectivity index (χ2v) is 5.11. The van der Waals surface area contributed by atoms with Crippen LogP contribution in [0.25, 0.3) is 0 Å². The van der Waals surface area contributed by atoms with Crippen LogP contribution in [-0.2, 0) is 0 Å². The van der Waals surface area contributed by atoms with E-state index in [0.717, 1.165) is 32.1 Å². The molecule has 0 unspecified atom stereocenters. The molecule has 0 amide bonds. The summed E-state index contributed by atoms with van der Waals surface area (Å²) >= 11 is 0. The van der Waals surface area contributed by atoms with Crippen LogP contribution in [0.2, 0.25) is 0 Å². The predicted octanol–water partition coefficient (Wildman–Crippen LogP) is 2.13. The highest BCUT2D eigenvalue weighted by Gasteiger charge is 2.14. The number of piperidine rings is 1. The van der Waals surface area contributed by atoms with Gasteiger partial charge in [-0.15, -0.1) is 0 Å². The minimum Gasteiger partial charge on any atom is -0.369 e. The molecule has 1 aromatic rings. The summed E-state index contributed by atoms with van der Waals surface area (Å²) in [7, 11) is 0. The molecule has 0 spiro atoms. The van der Waals surface area contributed by atoms with Crippen LogP contribution < -0.4 is 5.32 Å². The third kappa shape index (κ3) is 4.17. The van der Waals surface area contributed by atoms with Crippen molar-refractivity contribution in [1.82, 2.24) is 9.88 Å². The van der Waals surface area contributed by atoms with E-state index in [1.54, 1.807) is 6.07 Å². The number of aromatic nitrogens is 1. The van der Waals surface area contributed by atoms with Gasteiger partial charge in [-0.25, -0.2) is 4.98 Å². The molecule has 0 aromatic carbocycles. The lowest BCUT2D eigenvalue weighted by Gasteiger charge is -2.30. The zero-order valence-corrected chi connectivity index (χ0v) is 11.2. The summed E-state index contributed by atoms with van der Waals surface area (Å²) in [5.74, 6) is 1.54. The standard InChI is InChI=1S/C13H20N4O2/c1-11-4-7-16(8-5-11)9-6-14-13-3-2-12(10-15-13)17(18)19/h2-3,10-11H,4-9H2,1H3,(H,14,15). The number of rotatable bonds is 5. The van der Waals surface area contributed by atoms with Crippen LogP contribution >= 0.6 is 0 Å². The van der Waals surface area contributed by atoms with Gasteiger partial charge < -0.3 is 10.2 Å². The summed E-state index contributed by atoms with van der Waals surface area (Å²) in [6, 6.07) is 3.12. The van der Waals surface area contributed by atoms with E-state index in [4.69, 9.17) is 0 Å². The molecule has 0 radical (unpaired) electrons. The van der Waals surface area contributed by atoms with Crippen LogP contribution in [0.3, 0.4) is 0 Å². The number of pyridine rings is 1. The molecule has 1 aromatic heterocycles. The Balaban J connectivity index is 1.72. The quantitative estimate of drug-likeness (QED) is 0.651. The first-order valence-electron chi connectivity index (χ1n) is 6.72. The van der Waals surface area contributed by atoms with Crippen LogP contribution in [0.4, 0.5) is 11.5 Å². The van der Waals surface area contributed by atoms with Crippen molar-refractivity contribution in [3.63, 3.8) is 0 Å². The lowest BCUT2D eigenvalue weighted by atomic mass is 9.99. The Kier molecular flexibility index (Phi) is 4.68. The van der Waals surface area contributed by atoms with Crippen molar-refractivity contribution < 1.29 is 4.92 Å². The Morgan fingerprint density at radius 2 is 2.21 bits per heavy atom. The summed E-state index contributed by atoms with van der Waals surface area (Å²) in [6.45, 7) is 6.44. The SMILES string of the molecule is CC1CCN(CCNc2ccc([N+](=O)[O-])cn2)CC1. The smallest absolute Gasteiger partial charge is 0.287 e. The van der Waals surface area contributed by atoms with Gasteiger partial charge in [-0.1, -0.05) is 6.92 Å². The van der Waals surface area contributed by atoms with E-state index >= 15 is 0 Å². The molecule has 2 rings (SSSR count). The Labute approximate surface area is 113 Å². The van der Waals surface area contributed by atoms with Crippen molar-refractivity contribution in [1.29, 1.82) is 0 Å². The van der Waals surface area contributed by atoms with Gasteiger partial charge in [-0.2, -0.15) is 0 Å². The van der Waals surface area contributed by atoms with Gasteiger partial charge in [-0.05, 0) is 37.9 Å². The highest BCUT2D eigenvalue weighted by molar-refractivity contribution is 5.39. The van der Waals surface area contributed by atoms with E-state index in [9.17, 15) is 10.1 Å². The maximum atomic E-state index is 10.5. The molecule has 0 saturated carbocycles. The first kappa shape index (κ1) is 13.7. The molecular weight excluding hydrogens is 244 g/mol. The fraction of sp³-hybridized carbons (Fsp3) is 0.615. The Morgan fingerprint density at radius 1 is 1.47 bits per heavy atom. The first-order chi connectivity index (χ1) is 9.15. The van der Waals surface area contributed by atoms with E-state index in [0.29, 0.717) is 5.82 Å².